The van der Waals surface area contributed by atoms with Crippen molar-refractivity contribution in [2.45, 2.75) is 51.5 Å². The first-order chi connectivity index (χ1) is 13.2. The highest BCUT2D eigenvalue weighted by Crippen LogP contribution is 2.40. The Kier molecular flexibility index (Phi) is 5.30. The van der Waals surface area contributed by atoms with Crippen molar-refractivity contribution in [3.8, 4) is 0 Å². The Balaban J connectivity index is 1.67. The van der Waals surface area contributed by atoms with E-state index in [1.165, 1.54) is 17.5 Å². The summed E-state index contributed by atoms with van der Waals surface area (Å²) in [5, 5.41) is 3.69. The van der Waals surface area contributed by atoms with Gasteiger partial charge >= 0.3 is 0 Å². The van der Waals surface area contributed by atoms with Crippen molar-refractivity contribution in [1.82, 2.24) is 15.3 Å². The lowest BCUT2D eigenvalue weighted by Crippen LogP contribution is -2.36. The standard InChI is InChI=1S/C22H31N5/c1-3-12-24-19-14-27(13-15(19)2)21-18-11-7-10-17(16-8-5-4-6-9-16)20(18)25-22(23)26-21/h4-6,8-9,15,17,19,24H,3,7,10-14H2,1-2H3,(H2,23,25,26). The third-order valence-electron chi connectivity index (χ3n) is 6.05. The van der Waals surface area contributed by atoms with E-state index in [2.05, 4.69) is 54.4 Å². The Morgan fingerprint density at radius 1 is 1.19 bits per heavy atom. The summed E-state index contributed by atoms with van der Waals surface area (Å²) in [7, 11) is 0. The first-order valence-corrected chi connectivity index (χ1v) is 10.4. The van der Waals surface area contributed by atoms with Crippen LogP contribution in [0.15, 0.2) is 30.3 Å². The zero-order valence-corrected chi connectivity index (χ0v) is 16.5. The average Bonchev–Trinajstić information content (AvgIpc) is 3.06. The van der Waals surface area contributed by atoms with Crippen molar-refractivity contribution >= 4 is 11.8 Å². The lowest BCUT2D eigenvalue weighted by molar-refractivity contribution is 0.455. The molecule has 27 heavy (non-hydrogen) atoms. The highest BCUT2D eigenvalue weighted by molar-refractivity contribution is 5.56. The van der Waals surface area contributed by atoms with Gasteiger partial charge in [-0.1, -0.05) is 44.2 Å². The average molecular weight is 366 g/mol. The molecule has 1 saturated heterocycles. The van der Waals surface area contributed by atoms with Crippen LogP contribution >= 0.6 is 0 Å². The van der Waals surface area contributed by atoms with E-state index in [1.54, 1.807) is 0 Å². The molecule has 0 bridgehead atoms. The molecule has 0 saturated carbocycles. The van der Waals surface area contributed by atoms with Gasteiger partial charge < -0.3 is 16.0 Å². The monoisotopic (exact) mass is 365 g/mol. The summed E-state index contributed by atoms with van der Waals surface area (Å²) in [6, 6.07) is 11.2. The second-order valence-electron chi connectivity index (χ2n) is 8.07. The molecular formula is C22H31N5. The van der Waals surface area contributed by atoms with Gasteiger partial charge in [-0.2, -0.15) is 4.98 Å². The zero-order chi connectivity index (χ0) is 18.8. The van der Waals surface area contributed by atoms with Crippen molar-refractivity contribution in [2.24, 2.45) is 5.92 Å². The Morgan fingerprint density at radius 3 is 2.78 bits per heavy atom. The van der Waals surface area contributed by atoms with Crippen LogP contribution in [-0.4, -0.2) is 35.6 Å². The molecule has 3 atom stereocenters. The van der Waals surface area contributed by atoms with Gasteiger partial charge in [0.05, 0.1) is 5.69 Å². The van der Waals surface area contributed by atoms with Crippen LogP contribution in [0, 0.1) is 5.92 Å². The Morgan fingerprint density at radius 2 is 2.00 bits per heavy atom. The fourth-order valence-corrected chi connectivity index (χ4v) is 4.66. The van der Waals surface area contributed by atoms with E-state index in [9.17, 15) is 0 Å². The van der Waals surface area contributed by atoms with Gasteiger partial charge in [0.25, 0.3) is 0 Å². The van der Waals surface area contributed by atoms with E-state index < -0.39 is 0 Å². The van der Waals surface area contributed by atoms with Gasteiger partial charge in [0, 0.05) is 30.6 Å². The fraction of sp³-hybridized carbons (Fsp3) is 0.545. The molecule has 1 aliphatic heterocycles. The van der Waals surface area contributed by atoms with Crippen molar-refractivity contribution in [1.29, 1.82) is 0 Å². The van der Waals surface area contributed by atoms with E-state index in [1.807, 2.05) is 0 Å². The molecule has 3 unspecified atom stereocenters. The molecule has 2 heterocycles. The van der Waals surface area contributed by atoms with Crippen LogP contribution in [0.2, 0.25) is 0 Å². The molecule has 1 aromatic carbocycles. The Hall–Kier alpha value is -2.14. The highest BCUT2D eigenvalue weighted by Gasteiger charge is 2.34. The molecule has 2 aromatic rings. The SMILES string of the molecule is CCCNC1CN(c2nc(N)nc3c2CCCC3c2ccccc2)CC1C. The van der Waals surface area contributed by atoms with Crippen molar-refractivity contribution in [2.75, 3.05) is 30.3 Å². The van der Waals surface area contributed by atoms with Crippen molar-refractivity contribution in [3.05, 3.63) is 47.2 Å². The minimum absolute atomic E-state index is 0.327. The number of benzene rings is 1. The molecule has 0 radical (unpaired) electrons. The smallest absolute Gasteiger partial charge is 0.222 e. The lowest BCUT2D eigenvalue weighted by atomic mass is 9.82. The van der Waals surface area contributed by atoms with Crippen LogP contribution in [0.4, 0.5) is 11.8 Å². The van der Waals surface area contributed by atoms with Gasteiger partial charge in [0.15, 0.2) is 0 Å². The predicted molar refractivity (Wildman–Crippen MR) is 111 cm³/mol. The van der Waals surface area contributed by atoms with Gasteiger partial charge in [0.1, 0.15) is 5.82 Å². The molecule has 5 heteroatoms. The molecule has 0 amide bonds. The van der Waals surface area contributed by atoms with Crippen LogP contribution in [0.3, 0.4) is 0 Å². The minimum Gasteiger partial charge on any atom is -0.368 e. The van der Waals surface area contributed by atoms with Crippen LogP contribution in [0.25, 0.3) is 0 Å². The number of nitrogens with zero attached hydrogens (tertiary/aromatic N) is 3. The van der Waals surface area contributed by atoms with E-state index in [4.69, 9.17) is 15.7 Å². The van der Waals surface area contributed by atoms with Gasteiger partial charge in [0.2, 0.25) is 5.95 Å². The first kappa shape index (κ1) is 18.2. The van der Waals surface area contributed by atoms with Gasteiger partial charge in [-0.15, -0.1) is 0 Å². The summed E-state index contributed by atoms with van der Waals surface area (Å²) in [6.45, 7) is 7.65. The molecule has 0 spiro atoms. The van der Waals surface area contributed by atoms with Crippen LogP contribution < -0.4 is 16.0 Å². The molecule has 1 aliphatic carbocycles. The summed E-state index contributed by atoms with van der Waals surface area (Å²) in [6.07, 6.45) is 4.52. The van der Waals surface area contributed by atoms with Crippen molar-refractivity contribution < 1.29 is 0 Å². The maximum atomic E-state index is 6.18. The number of fused-ring (bicyclic) bond motifs is 1. The summed E-state index contributed by atoms with van der Waals surface area (Å²) in [5.74, 6) is 2.42. The van der Waals surface area contributed by atoms with E-state index in [-0.39, 0.29) is 0 Å². The summed E-state index contributed by atoms with van der Waals surface area (Å²) >= 11 is 0. The molecular weight excluding hydrogens is 334 g/mol. The van der Waals surface area contributed by atoms with E-state index >= 15 is 0 Å². The summed E-state index contributed by atoms with van der Waals surface area (Å²) in [5.41, 5.74) is 9.97. The number of aromatic nitrogens is 2. The number of anilines is 2. The van der Waals surface area contributed by atoms with Crippen LogP contribution in [0.1, 0.15) is 55.8 Å². The largest absolute Gasteiger partial charge is 0.368 e. The predicted octanol–water partition coefficient (Wildman–Crippen LogP) is 3.35. The first-order valence-electron chi connectivity index (χ1n) is 10.4. The molecule has 5 nitrogen and oxygen atoms in total. The third-order valence-corrected chi connectivity index (χ3v) is 6.05. The topological polar surface area (TPSA) is 67.1 Å². The quantitative estimate of drug-likeness (QED) is 0.850. The van der Waals surface area contributed by atoms with E-state index in [0.717, 1.165) is 50.4 Å². The van der Waals surface area contributed by atoms with Gasteiger partial charge in [-0.3, -0.25) is 0 Å². The maximum absolute atomic E-state index is 6.18. The Bertz CT molecular complexity index is 776. The van der Waals surface area contributed by atoms with Crippen molar-refractivity contribution in [3.63, 3.8) is 0 Å². The second kappa shape index (κ2) is 7.85. The number of nitrogens with one attached hydrogen (secondary N) is 1. The van der Waals surface area contributed by atoms with Crippen LogP contribution in [0.5, 0.6) is 0 Å². The molecule has 2 aliphatic rings. The number of nitrogen functional groups attached to an aromatic ring is 1. The molecule has 4 rings (SSSR count). The molecule has 144 valence electrons. The number of hydrogen-bond acceptors (Lipinski definition) is 5. The van der Waals surface area contributed by atoms with Gasteiger partial charge in [-0.25, -0.2) is 4.98 Å². The second-order valence-corrected chi connectivity index (χ2v) is 8.07. The normalized spacial score (nSPS) is 24.8. The van der Waals surface area contributed by atoms with E-state index in [0.29, 0.717) is 23.8 Å². The summed E-state index contributed by atoms with van der Waals surface area (Å²) < 4.78 is 0. The van der Waals surface area contributed by atoms with Gasteiger partial charge in [-0.05, 0) is 43.7 Å². The number of rotatable bonds is 5. The summed E-state index contributed by atoms with van der Waals surface area (Å²) in [4.78, 5) is 11.9. The zero-order valence-electron chi connectivity index (χ0n) is 16.5. The Labute approximate surface area is 162 Å². The molecule has 1 fully saturated rings. The fourth-order valence-electron chi connectivity index (χ4n) is 4.66. The van der Waals surface area contributed by atoms with Crippen LogP contribution in [-0.2, 0) is 6.42 Å². The highest BCUT2D eigenvalue weighted by atomic mass is 15.3. The molecule has 3 N–H and O–H groups in total. The third kappa shape index (κ3) is 3.65. The molecule has 1 aromatic heterocycles. The number of hydrogen-bond donors (Lipinski definition) is 2. The maximum Gasteiger partial charge on any atom is 0.222 e. The lowest BCUT2D eigenvalue weighted by Gasteiger charge is -2.29. The number of nitrogens with two attached hydrogens (primary N) is 1. The minimum atomic E-state index is 0.327.